The summed E-state index contributed by atoms with van der Waals surface area (Å²) in [5.74, 6) is -0.446. The van der Waals surface area contributed by atoms with E-state index in [9.17, 15) is 9.59 Å². The zero-order valence-electron chi connectivity index (χ0n) is 12.1. The molecule has 0 saturated heterocycles. The molecule has 6 heteroatoms. The molecule has 0 rings (SSSR count). The van der Waals surface area contributed by atoms with Gasteiger partial charge in [0.05, 0.1) is 0 Å². The first-order chi connectivity index (χ1) is 8.82. The SMILES string of the molecule is CSCC[C@H](NC(=O)CCC(C)(C)CCN)C(=O)O. The lowest BCUT2D eigenvalue weighted by atomic mass is 9.84. The number of carboxylic acid groups (broad SMARTS) is 1. The predicted molar refractivity (Wildman–Crippen MR) is 79.3 cm³/mol. The predicted octanol–water partition coefficient (Wildman–Crippen LogP) is 1.46. The summed E-state index contributed by atoms with van der Waals surface area (Å²) < 4.78 is 0. The van der Waals surface area contributed by atoms with Crippen molar-refractivity contribution in [1.82, 2.24) is 5.32 Å². The van der Waals surface area contributed by atoms with E-state index in [0.29, 0.717) is 25.8 Å². The van der Waals surface area contributed by atoms with Gasteiger partial charge in [-0.15, -0.1) is 0 Å². The van der Waals surface area contributed by atoms with Crippen molar-refractivity contribution in [3.8, 4) is 0 Å². The highest BCUT2D eigenvalue weighted by Gasteiger charge is 2.22. The molecule has 0 aromatic rings. The van der Waals surface area contributed by atoms with Crippen LogP contribution in [0.4, 0.5) is 0 Å². The third kappa shape index (κ3) is 8.88. The summed E-state index contributed by atoms with van der Waals surface area (Å²) in [5.41, 5.74) is 5.53. The number of aliphatic carboxylic acids is 1. The zero-order valence-corrected chi connectivity index (χ0v) is 12.9. The molecule has 5 nitrogen and oxygen atoms in total. The first-order valence-electron chi connectivity index (χ1n) is 6.53. The van der Waals surface area contributed by atoms with E-state index >= 15 is 0 Å². The summed E-state index contributed by atoms with van der Waals surface area (Å²) in [4.78, 5) is 22.8. The van der Waals surface area contributed by atoms with E-state index < -0.39 is 12.0 Å². The van der Waals surface area contributed by atoms with Crippen molar-refractivity contribution in [1.29, 1.82) is 0 Å². The van der Waals surface area contributed by atoms with Gasteiger partial charge in [0.1, 0.15) is 6.04 Å². The van der Waals surface area contributed by atoms with E-state index in [-0.39, 0.29) is 11.3 Å². The molecule has 0 aliphatic heterocycles. The van der Waals surface area contributed by atoms with E-state index in [1.54, 1.807) is 11.8 Å². The van der Waals surface area contributed by atoms with Crippen LogP contribution in [0.3, 0.4) is 0 Å². The molecule has 0 aromatic carbocycles. The van der Waals surface area contributed by atoms with Gasteiger partial charge in [-0.2, -0.15) is 11.8 Å². The van der Waals surface area contributed by atoms with E-state index in [0.717, 1.165) is 12.2 Å². The highest BCUT2D eigenvalue weighted by Crippen LogP contribution is 2.25. The van der Waals surface area contributed by atoms with Crippen LogP contribution in [0.5, 0.6) is 0 Å². The molecule has 19 heavy (non-hydrogen) atoms. The summed E-state index contributed by atoms with van der Waals surface area (Å²) in [6.45, 7) is 4.73. The third-order valence-electron chi connectivity index (χ3n) is 3.09. The minimum Gasteiger partial charge on any atom is -0.480 e. The Morgan fingerprint density at radius 1 is 1.37 bits per heavy atom. The van der Waals surface area contributed by atoms with Crippen LogP contribution in [-0.2, 0) is 9.59 Å². The van der Waals surface area contributed by atoms with Crippen LogP contribution in [0.15, 0.2) is 0 Å². The summed E-state index contributed by atoms with van der Waals surface area (Å²) in [6.07, 6.45) is 4.28. The van der Waals surface area contributed by atoms with Crippen molar-refractivity contribution in [3.63, 3.8) is 0 Å². The maximum Gasteiger partial charge on any atom is 0.326 e. The standard InChI is InChI=1S/C13H26N2O3S/c1-13(2,7-8-14)6-4-11(16)15-10(12(17)18)5-9-19-3/h10H,4-9,14H2,1-3H3,(H,15,16)(H,17,18)/t10-/m0/s1. The Labute approximate surface area is 119 Å². The Morgan fingerprint density at radius 3 is 2.47 bits per heavy atom. The number of carboxylic acids is 1. The molecule has 0 saturated carbocycles. The molecule has 0 aromatic heterocycles. The van der Waals surface area contributed by atoms with Crippen molar-refractivity contribution in [2.75, 3.05) is 18.6 Å². The molecule has 1 amide bonds. The van der Waals surface area contributed by atoms with Crippen LogP contribution in [-0.4, -0.2) is 41.6 Å². The van der Waals surface area contributed by atoms with Gasteiger partial charge >= 0.3 is 5.97 Å². The molecule has 0 unspecified atom stereocenters. The Kier molecular flexibility index (Phi) is 8.84. The second kappa shape index (κ2) is 9.20. The summed E-state index contributed by atoms with van der Waals surface area (Å²) in [7, 11) is 0. The molecule has 0 heterocycles. The van der Waals surface area contributed by atoms with Gasteiger partial charge in [0, 0.05) is 6.42 Å². The maximum atomic E-state index is 11.8. The Morgan fingerprint density at radius 2 is 2.00 bits per heavy atom. The van der Waals surface area contributed by atoms with Crippen LogP contribution in [0, 0.1) is 5.41 Å². The molecule has 0 radical (unpaired) electrons. The molecular weight excluding hydrogens is 264 g/mol. The number of hydrogen-bond donors (Lipinski definition) is 3. The average Bonchev–Trinajstić information content (AvgIpc) is 2.31. The number of carbonyl (C=O) groups excluding carboxylic acids is 1. The summed E-state index contributed by atoms with van der Waals surface area (Å²) in [6, 6.07) is -0.780. The highest BCUT2D eigenvalue weighted by atomic mass is 32.2. The van der Waals surface area contributed by atoms with E-state index in [2.05, 4.69) is 19.2 Å². The maximum absolute atomic E-state index is 11.8. The number of hydrogen-bond acceptors (Lipinski definition) is 4. The molecule has 112 valence electrons. The van der Waals surface area contributed by atoms with Gasteiger partial charge in [-0.05, 0) is 43.2 Å². The number of rotatable bonds is 10. The van der Waals surface area contributed by atoms with Gasteiger partial charge in [-0.3, -0.25) is 4.79 Å². The molecule has 0 spiro atoms. The van der Waals surface area contributed by atoms with Crippen molar-refractivity contribution in [2.24, 2.45) is 11.1 Å². The minimum atomic E-state index is -0.969. The third-order valence-corrected chi connectivity index (χ3v) is 3.74. The monoisotopic (exact) mass is 290 g/mol. The van der Waals surface area contributed by atoms with Crippen LogP contribution < -0.4 is 11.1 Å². The fourth-order valence-corrected chi connectivity index (χ4v) is 2.20. The van der Waals surface area contributed by atoms with Crippen LogP contribution in [0.2, 0.25) is 0 Å². The number of thioether (sulfide) groups is 1. The summed E-state index contributed by atoms with van der Waals surface area (Å²) in [5, 5.41) is 11.6. The fourth-order valence-electron chi connectivity index (χ4n) is 1.73. The van der Waals surface area contributed by atoms with E-state index in [1.165, 1.54) is 0 Å². The van der Waals surface area contributed by atoms with Crippen molar-refractivity contribution in [2.45, 2.75) is 45.6 Å². The number of nitrogens with two attached hydrogens (primary N) is 1. The average molecular weight is 290 g/mol. The normalized spacial score (nSPS) is 13.1. The summed E-state index contributed by atoms with van der Waals surface area (Å²) >= 11 is 1.57. The molecule has 0 aliphatic carbocycles. The van der Waals surface area contributed by atoms with Crippen molar-refractivity contribution in [3.05, 3.63) is 0 Å². The van der Waals surface area contributed by atoms with E-state index in [1.807, 2.05) is 6.26 Å². The largest absolute Gasteiger partial charge is 0.480 e. The van der Waals surface area contributed by atoms with Gasteiger partial charge in [0.15, 0.2) is 0 Å². The van der Waals surface area contributed by atoms with Gasteiger partial charge in [0.2, 0.25) is 5.91 Å². The second-order valence-electron chi connectivity index (χ2n) is 5.44. The van der Waals surface area contributed by atoms with Gasteiger partial charge in [0.25, 0.3) is 0 Å². The first-order valence-corrected chi connectivity index (χ1v) is 7.93. The van der Waals surface area contributed by atoms with Gasteiger partial charge in [-0.25, -0.2) is 4.79 Å². The molecule has 0 bridgehead atoms. The lowest BCUT2D eigenvalue weighted by molar-refractivity contribution is -0.141. The second-order valence-corrected chi connectivity index (χ2v) is 6.43. The number of carbonyl (C=O) groups is 2. The molecular formula is C13H26N2O3S. The lowest BCUT2D eigenvalue weighted by Crippen LogP contribution is -2.41. The Hall–Kier alpha value is -0.750. The number of amides is 1. The smallest absolute Gasteiger partial charge is 0.326 e. The topological polar surface area (TPSA) is 92.4 Å². The zero-order chi connectivity index (χ0) is 14.9. The highest BCUT2D eigenvalue weighted by molar-refractivity contribution is 7.98. The Balaban J connectivity index is 4.16. The van der Waals surface area contributed by atoms with Gasteiger partial charge in [-0.1, -0.05) is 13.8 Å². The van der Waals surface area contributed by atoms with Crippen LogP contribution in [0.25, 0.3) is 0 Å². The Bertz CT molecular complexity index is 296. The fraction of sp³-hybridized carbons (Fsp3) is 0.846. The lowest BCUT2D eigenvalue weighted by Gasteiger charge is -2.23. The van der Waals surface area contributed by atoms with E-state index in [4.69, 9.17) is 10.8 Å². The molecule has 0 fully saturated rings. The van der Waals surface area contributed by atoms with Crippen LogP contribution in [0.1, 0.15) is 39.5 Å². The quantitative estimate of drug-likeness (QED) is 0.566. The van der Waals surface area contributed by atoms with Gasteiger partial charge < -0.3 is 16.2 Å². The van der Waals surface area contributed by atoms with Crippen LogP contribution >= 0.6 is 11.8 Å². The van der Waals surface area contributed by atoms with Crippen molar-refractivity contribution < 1.29 is 14.7 Å². The molecule has 1 atom stereocenters. The van der Waals surface area contributed by atoms with Crippen molar-refractivity contribution >= 4 is 23.6 Å². The first kappa shape index (κ1) is 18.2. The molecule has 0 aliphatic rings. The minimum absolute atomic E-state index is 0.0179. The molecule has 4 N–H and O–H groups in total. The number of nitrogens with one attached hydrogen (secondary N) is 1.